The van der Waals surface area contributed by atoms with Gasteiger partial charge in [-0.15, -0.1) is 0 Å². The summed E-state index contributed by atoms with van der Waals surface area (Å²) in [5.41, 5.74) is 3.13. The normalized spacial score (nSPS) is 22.6. The first-order valence-electron chi connectivity index (χ1n) is 10.5. The van der Waals surface area contributed by atoms with Gasteiger partial charge < -0.3 is 9.80 Å². The SMILES string of the molecule is O=C1c2nn(-c3ccc(Cl)cc3)cc2CN1c1ccc(N2CC3CCCC3C2)nc1. The van der Waals surface area contributed by atoms with Gasteiger partial charge >= 0.3 is 0 Å². The predicted molar refractivity (Wildman–Crippen MR) is 116 cm³/mol. The molecule has 2 atom stereocenters. The van der Waals surface area contributed by atoms with E-state index in [0.717, 1.165) is 47.7 Å². The molecule has 4 heterocycles. The van der Waals surface area contributed by atoms with Gasteiger partial charge in [0, 0.05) is 29.9 Å². The van der Waals surface area contributed by atoms with Crippen LogP contribution in [0.2, 0.25) is 5.02 Å². The van der Waals surface area contributed by atoms with Crippen LogP contribution in [-0.2, 0) is 6.54 Å². The quantitative estimate of drug-likeness (QED) is 0.634. The number of benzene rings is 1. The van der Waals surface area contributed by atoms with Crippen LogP contribution < -0.4 is 9.80 Å². The van der Waals surface area contributed by atoms with Crippen LogP contribution in [0.25, 0.3) is 5.69 Å². The van der Waals surface area contributed by atoms with Crippen molar-refractivity contribution in [1.82, 2.24) is 14.8 Å². The molecule has 7 heteroatoms. The summed E-state index contributed by atoms with van der Waals surface area (Å²) in [6, 6.07) is 11.5. The molecule has 2 aliphatic heterocycles. The van der Waals surface area contributed by atoms with Crippen molar-refractivity contribution >= 4 is 29.0 Å². The van der Waals surface area contributed by atoms with Gasteiger partial charge in [-0.3, -0.25) is 4.79 Å². The number of halogens is 1. The summed E-state index contributed by atoms with van der Waals surface area (Å²) >= 11 is 5.96. The molecule has 2 fully saturated rings. The second kappa shape index (κ2) is 6.84. The smallest absolute Gasteiger partial charge is 0.279 e. The first-order valence-corrected chi connectivity index (χ1v) is 10.9. The molecule has 0 bridgehead atoms. The van der Waals surface area contributed by atoms with Crippen LogP contribution in [0.4, 0.5) is 11.5 Å². The summed E-state index contributed by atoms with van der Waals surface area (Å²) in [6.45, 7) is 2.74. The lowest BCUT2D eigenvalue weighted by molar-refractivity contribution is 0.0991. The van der Waals surface area contributed by atoms with Crippen LogP contribution in [0.15, 0.2) is 48.8 Å². The zero-order valence-electron chi connectivity index (χ0n) is 16.5. The second-order valence-corrected chi connectivity index (χ2v) is 8.98. The minimum atomic E-state index is -0.0806. The lowest BCUT2D eigenvalue weighted by atomic mass is 10.0. The highest BCUT2D eigenvalue weighted by Gasteiger charge is 2.37. The summed E-state index contributed by atoms with van der Waals surface area (Å²) in [6.07, 6.45) is 7.82. The van der Waals surface area contributed by atoms with Gasteiger partial charge in [-0.2, -0.15) is 5.10 Å². The number of nitrogens with zero attached hydrogens (tertiary/aromatic N) is 5. The number of amides is 1. The number of pyridine rings is 1. The fraction of sp³-hybridized carbons (Fsp3) is 0.348. The van der Waals surface area contributed by atoms with Gasteiger partial charge in [-0.05, 0) is 61.1 Å². The average molecular weight is 420 g/mol. The van der Waals surface area contributed by atoms with E-state index < -0.39 is 0 Å². The Hall–Kier alpha value is -2.86. The predicted octanol–water partition coefficient (Wildman–Crippen LogP) is 4.32. The number of anilines is 2. The van der Waals surface area contributed by atoms with Crippen LogP contribution in [-0.4, -0.2) is 33.8 Å². The molecule has 0 spiro atoms. The Morgan fingerprint density at radius 2 is 1.70 bits per heavy atom. The Balaban J connectivity index is 1.19. The molecule has 3 aliphatic rings. The number of carbonyl (C=O) groups excluding carboxylic acids is 1. The van der Waals surface area contributed by atoms with Gasteiger partial charge in [-0.25, -0.2) is 9.67 Å². The van der Waals surface area contributed by atoms with E-state index in [1.807, 2.05) is 48.8 Å². The monoisotopic (exact) mass is 419 g/mol. The third-order valence-corrected chi connectivity index (χ3v) is 7.00. The van der Waals surface area contributed by atoms with Crippen molar-refractivity contribution in [3.05, 3.63) is 65.1 Å². The largest absolute Gasteiger partial charge is 0.356 e. The third-order valence-electron chi connectivity index (χ3n) is 6.75. The van der Waals surface area contributed by atoms with Gasteiger partial charge in [0.25, 0.3) is 5.91 Å². The van der Waals surface area contributed by atoms with E-state index in [4.69, 9.17) is 11.6 Å². The van der Waals surface area contributed by atoms with Crippen LogP contribution in [0, 0.1) is 11.8 Å². The average Bonchev–Trinajstić information content (AvgIpc) is 3.50. The molecule has 1 aromatic carbocycles. The molecule has 0 N–H and O–H groups in total. The molecule has 1 aliphatic carbocycles. The molecule has 3 aromatic rings. The zero-order chi connectivity index (χ0) is 20.2. The maximum atomic E-state index is 13.0. The molecular formula is C23H22ClN5O. The van der Waals surface area contributed by atoms with Crippen molar-refractivity contribution in [3.63, 3.8) is 0 Å². The van der Waals surface area contributed by atoms with Crippen molar-refractivity contribution < 1.29 is 4.79 Å². The maximum Gasteiger partial charge on any atom is 0.279 e. The lowest BCUT2D eigenvalue weighted by Gasteiger charge is -2.20. The topological polar surface area (TPSA) is 54.3 Å². The van der Waals surface area contributed by atoms with Gasteiger partial charge in [0.15, 0.2) is 5.69 Å². The van der Waals surface area contributed by atoms with E-state index >= 15 is 0 Å². The standard InChI is InChI=1S/C23H22ClN5O/c24-18-4-6-19(7-5-18)29-14-17-13-28(23(30)22(17)26-29)20-8-9-21(25-10-20)27-11-15-2-1-3-16(15)12-27/h4-10,14-16H,1-3,11-13H2. The molecule has 2 aromatic heterocycles. The molecule has 1 saturated heterocycles. The van der Waals surface area contributed by atoms with Crippen molar-refractivity contribution in [3.8, 4) is 5.69 Å². The van der Waals surface area contributed by atoms with Crippen molar-refractivity contribution in [2.24, 2.45) is 11.8 Å². The number of hydrogen-bond donors (Lipinski definition) is 0. The number of fused-ring (bicyclic) bond motifs is 2. The van der Waals surface area contributed by atoms with Crippen molar-refractivity contribution in [2.45, 2.75) is 25.8 Å². The highest BCUT2D eigenvalue weighted by Crippen LogP contribution is 2.39. The minimum Gasteiger partial charge on any atom is -0.356 e. The van der Waals surface area contributed by atoms with E-state index in [1.165, 1.54) is 19.3 Å². The van der Waals surface area contributed by atoms with E-state index in [1.54, 1.807) is 9.58 Å². The third kappa shape index (κ3) is 2.89. The van der Waals surface area contributed by atoms with E-state index in [9.17, 15) is 4.79 Å². The van der Waals surface area contributed by atoms with Crippen LogP contribution in [0.5, 0.6) is 0 Å². The number of aromatic nitrogens is 3. The zero-order valence-corrected chi connectivity index (χ0v) is 17.3. The molecule has 0 radical (unpaired) electrons. The Labute approximate surface area is 180 Å². The summed E-state index contributed by atoms with van der Waals surface area (Å²) in [5, 5.41) is 5.19. The maximum absolute atomic E-state index is 13.0. The summed E-state index contributed by atoms with van der Waals surface area (Å²) < 4.78 is 1.74. The molecular weight excluding hydrogens is 398 g/mol. The van der Waals surface area contributed by atoms with E-state index in [-0.39, 0.29) is 5.91 Å². The number of rotatable bonds is 3. The van der Waals surface area contributed by atoms with Gasteiger partial charge in [-0.1, -0.05) is 18.0 Å². The first kappa shape index (κ1) is 18.0. The molecule has 30 heavy (non-hydrogen) atoms. The summed E-state index contributed by atoms with van der Waals surface area (Å²) in [7, 11) is 0. The van der Waals surface area contributed by atoms with Crippen LogP contribution in [0.1, 0.15) is 35.3 Å². The Bertz CT molecular complexity index is 1100. The molecule has 6 nitrogen and oxygen atoms in total. The van der Waals surface area contributed by atoms with Crippen LogP contribution in [0.3, 0.4) is 0 Å². The number of hydrogen-bond acceptors (Lipinski definition) is 4. The lowest BCUT2D eigenvalue weighted by Crippen LogP contribution is -2.25. The highest BCUT2D eigenvalue weighted by atomic mass is 35.5. The van der Waals surface area contributed by atoms with E-state index in [2.05, 4.69) is 15.0 Å². The van der Waals surface area contributed by atoms with Crippen molar-refractivity contribution in [1.29, 1.82) is 0 Å². The summed E-state index contributed by atoms with van der Waals surface area (Å²) in [5.74, 6) is 2.60. The minimum absolute atomic E-state index is 0.0806. The Morgan fingerprint density at radius 3 is 2.37 bits per heavy atom. The van der Waals surface area contributed by atoms with Crippen LogP contribution >= 0.6 is 11.6 Å². The van der Waals surface area contributed by atoms with Crippen molar-refractivity contribution in [2.75, 3.05) is 22.9 Å². The fourth-order valence-electron chi connectivity index (χ4n) is 5.16. The molecule has 6 rings (SSSR count). The summed E-state index contributed by atoms with van der Waals surface area (Å²) in [4.78, 5) is 21.8. The molecule has 2 unspecified atom stereocenters. The second-order valence-electron chi connectivity index (χ2n) is 8.55. The van der Waals surface area contributed by atoms with Gasteiger partial charge in [0.05, 0.1) is 24.1 Å². The molecule has 152 valence electrons. The fourth-order valence-corrected chi connectivity index (χ4v) is 5.28. The Kier molecular flexibility index (Phi) is 4.09. The Morgan fingerprint density at radius 1 is 0.967 bits per heavy atom. The van der Waals surface area contributed by atoms with E-state index in [0.29, 0.717) is 17.3 Å². The van der Waals surface area contributed by atoms with Gasteiger partial charge in [0.1, 0.15) is 5.82 Å². The highest BCUT2D eigenvalue weighted by molar-refractivity contribution is 6.30. The molecule has 1 saturated carbocycles. The number of carbonyl (C=O) groups is 1. The molecule has 1 amide bonds. The van der Waals surface area contributed by atoms with Gasteiger partial charge in [0.2, 0.25) is 0 Å². The first-order chi connectivity index (χ1) is 14.7.